The minimum atomic E-state index is -3.44. The predicted molar refractivity (Wildman–Crippen MR) is 89.2 cm³/mol. The van der Waals surface area contributed by atoms with Crippen LogP contribution in [0.1, 0.15) is 26.3 Å². The molecule has 0 spiro atoms. The topological polar surface area (TPSA) is 101 Å². The van der Waals surface area contributed by atoms with E-state index in [0.29, 0.717) is 13.1 Å². The summed E-state index contributed by atoms with van der Waals surface area (Å²) >= 11 is 0. The molecule has 0 aliphatic heterocycles. The summed E-state index contributed by atoms with van der Waals surface area (Å²) in [6.45, 7) is 5.96. The summed E-state index contributed by atoms with van der Waals surface area (Å²) in [6.07, 6.45) is 0. The normalized spacial score (nSPS) is 13.8. The molecular formula is C14H24ClN3O3S. The Hall–Kier alpha value is -1.15. The van der Waals surface area contributed by atoms with E-state index >= 15 is 0 Å². The zero-order chi connectivity index (χ0) is 16.0. The van der Waals surface area contributed by atoms with Gasteiger partial charge in [0, 0.05) is 25.0 Å². The standard InChI is InChI=1S/C14H23N3O3S.ClH/c1-4-17-21(19,20)13-7-5-12(6-8-13)9-16-14(18)10(2)11(3)15;/h5-8,10-11,17H,4,9,15H2,1-3H3,(H,16,18);1H. The summed E-state index contributed by atoms with van der Waals surface area (Å²) in [5, 5.41) is 2.78. The third-order valence-electron chi connectivity index (χ3n) is 3.24. The monoisotopic (exact) mass is 349 g/mol. The van der Waals surface area contributed by atoms with Crippen molar-refractivity contribution in [3.8, 4) is 0 Å². The van der Waals surface area contributed by atoms with Crippen LogP contribution >= 0.6 is 12.4 Å². The molecular weight excluding hydrogens is 326 g/mol. The molecule has 0 aliphatic rings. The lowest BCUT2D eigenvalue weighted by Crippen LogP contribution is -2.38. The van der Waals surface area contributed by atoms with Crippen LogP contribution in [0.4, 0.5) is 0 Å². The molecule has 22 heavy (non-hydrogen) atoms. The summed E-state index contributed by atoms with van der Waals surface area (Å²) in [7, 11) is -3.44. The van der Waals surface area contributed by atoms with E-state index in [2.05, 4.69) is 10.0 Å². The maximum Gasteiger partial charge on any atom is 0.240 e. The number of amides is 1. The van der Waals surface area contributed by atoms with Crippen LogP contribution in [0.15, 0.2) is 29.2 Å². The molecule has 1 rings (SSSR count). The smallest absolute Gasteiger partial charge is 0.240 e. The number of rotatable bonds is 7. The quantitative estimate of drug-likeness (QED) is 0.683. The van der Waals surface area contributed by atoms with Gasteiger partial charge < -0.3 is 11.1 Å². The Morgan fingerprint density at radius 1 is 1.23 bits per heavy atom. The molecule has 0 heterocycles. The number of halogens is 1. The molecule has 2 atom stereocenters. The summed E-state index contributed by atoms with van der Waals surface area (Å²) in [6, 6.07) is 6.20. The fourth-order valence-corrected chi connectivity index (χ4v) is 2.69. The van der Waals surface area contributed by atoms with Gasteiger partial charge in [0.1, 0.15) is 0 Å². The van der Waals surface area contributed by atoms with Gasteiger partial charge in [-0.05, 0) is 24.6 Å². The van der Waals surface area contributed by atoms with Gasteiger partial charge >= 0.3 is 0 Å². The highest BCUT2D eigenvalue weighted by atomic mass is 35.5. The number of carbonyl (C=O) groups is 1. The Labute approximate surface area is 138 Å². The number of sulfonamides is 1. The largest absolute Gasteiger partial charge is 0.352 e. The van der Waals surface area contributed by atoms with Crippen molar-refractivity contribution >= 4 is 28.3 Å². The summed E-state index contributed by atoms with van der Waals surface area (Å²) < 4.78 is 26.0. The van der Waals surface area contributed by atoms with Gasteiger partial charge in [0.2, 0.25) is 15.9 Å². The van der Waals surface area contributed by atoms with Gasteiger partial charge in [-0.3, -0.25) is 4.79 Å². The van der Waals surface area contributed by atoms with Crippen molar-refractivity contribution < 1.29 is 13.2 Å². The number of benzene rings is 1. The molecule has 8 heteroatoms. The van der Waals surface area contributed by atoms with E-state index in [-0.39, 0.29) is 35.2 Å². The second kappa shape index (κ2) is 9.09. The van der Waals surface area contributed by atoms with Crippen LogP contribution in [0.25, 0.3) is 0 Å². The molecule has 2 unspecified atom stereocenters. The SMILES string of the molecule is CCNS(=O)(=O)c1ccc(CNC(=O)C(C)C(C)N)cc1.Cl. The number of carbonyl (C=O) groups excluding carboxylic acids is 1. The average molecular weight is 350 g/mol. The first-order chi connectivity index (χ1) is 9.77. The van der Waals surface area contributed by atoms with E-state index in [0.717, 1.165) is 5.56 Å². The van der Waals surface area contributed by atoms with Crippen molar-refractivity contribution in [2.24, 2.45) is 11.7 Å². The third kappa shape index (κ3) is 5.92. The van der Waals surface area contributed by atoms with Crippen LogP contribution in [0, 0.1) is 5.92 Å². The molecule has 0 fully saturated rings. The molecule has 1 amide bonds. The Bertz CT molecular complexity index is 574. The highest BCUT2D eigenvalue weighted by molar-refractivity contribution is 7.89. The van der Waals surface area contributed by atoms with Gasteiger partial charge in [0.15, 0.2) is 0 Å². The first-order valence-electron chi connectivity index (χ1n) is 6.89. The van der Waals surface area contributed by atoms with Gasteiger partial charge in [0.05, 0.1) is 4.90 Å². The van der Waals surface area contributed by atoms with Crippen LogP contribution in [-0.4, -0.2) is 26.9 Å². The number of nitrogens with two attached hydrogens (primary N) is 1. The second-order valence-corrected chi connectivity index (χ2v) is 6.78. The van der Waals surface area contributed by atoms with E-state index < -0.39 is 10.0 Å². The maximum atomic E-state index is 11.8. The lowest BCUT2D eigenvalue weighted by Gasteiger charge is -2.15. The Morgan fingerprint density at radius 2 is 1.77 bits per heavy atom. The highest BCUT2D eigenvalue weighted by Crippen LogP contribution is 2.10. The molecule has 0 saturated carbocycles. The zero-order valence-electron chi connectivity index (χ0n) is 13.0. The summed E-state index contributed by atoms with van der Waals surface area (Å²) in [5.74, 6) is -0.382. The first-order valence-corrected chi connectivity index (χ1v) is 8.38. The van der Waals surface area contributed by atoms with Crippen LogP contribution in [0.5, 0.6) is 0 Å². The molecule has 4 N–H and O–H groups in total. The fraction of sp³-hybridized carbons (Fsp3) is 0.500. The van der Waals surface area contributed by atoms with Crippen molar-refractivity contribution in [2.45, 2.75) is 38.3 Å². The van der Waals surface area contributed by atoms with Crippen molar-refractivity contribution in [3.63, 3.8) is 0 Å². The zero-order valence-corrected chi connectivity index (χ0v) is 14.6. The molecule has 0 saturated heterocycles. The average Bonchev–Trinajstić information content (AvgIpc) is 2.44. The fourth-order valence-electron chi connectivity index (χ4n) is 1.65. The minimum absolute atomic E-state index is 0. The lowest BCUT2D eigenvalue weighted by atomic mass is 10.0. The van der Waals surface area contributed by atoms with Gasteiger partial charge in [0.25, 0.3) is 0 Å². The molecule has 0 radical (unpaired) electrons. The van der Waals surface area contributed by atoms with Crippen molar-refractivity contribution in [2.75, 3.05) is 6.54 Å². The van der Waals surface area contributed by atoms with Crippen molar-refractivity contribution in [1.29, 1.82) is 0 Å². The molecule has 1 aromatic rings. The van der Waals surface area contributed by atoms with E-state index in [1.807, 2.05) is 0 Å². The summed E-state index contributed by atoms with van der Waals surface area (Å²) in [4.78, 5) is 12.0. The number of nitrogens with one attached hydrogen (secondary N) is 2. The summed E-state index contributed by atoms with van der Waals surface area (Å²) in [5.41, 5.74) is 6.50. The van der Waals surface area contributed by atoms with Gasteiger partial charge in [-0.25, -0.2) is 13.1 Å². The predicted octanol–water partition coefficient (Wildman–Crippen LogP) is 1.01. The lowest BCUT2D eigenvalue weighted by molar-refractivity contribution is -0.125. The van der Waals surface area contributed by atoms with E-state index in [1.54, 1.807) is 32.9 Å². The van der Waals surface area contributed by atoms with Crippen LogP contribution < -0.4 is 15.8 Å². The Balaban J connectivity index is 0.00000441. The van der Waals surface area contributed by atoms with Crippen LogP contribution in [0.2, 0.25) is 0 Å². The maximum absolute atomic E-state index is 11.8. The van der Waals surface area contributed by atoms with E-state index in [4.69, 9.17) is 5.73 Å². The Kier molecular flexibility index (Phi) is 8.62. The van der Waals surface area contributed by atoms with Gasteiger partial charge in [-0.2, -0.15) is 0 Å². The van der Waals surface area contributed by atoms with Crippen LogP contribution in [-0.2, 0) is 21.4 Å². The molecule has 6 nitrogen and oxygen atoms in total. The molecule has 1 aromatic carbocycles. The van der Waals surface area contributed by atoms with Gasteiger partial charge in [-0.1, -0.05) is 26.0 Å². The van der Waals surface area contributed by atoms with Crippen molar-refractivity contribution in [1.82, 2.24) is 10.0 Å². The minimum Gasteiger partial charge on any atom is -0.352 e. The first kappa shape index (κ1) is 20.9. The highest BCUT2D eigenvalue weighted by Gasteiger charge is 2.16. The molecule has 0 aromatic heterocycles. The van der Waals surface area contributed by atoms with E-state index in [9.17, 15) is 13.2 Å². The van der Waals surface area contributed by atoms with Gasteiger partial charge in [-0.15, -0.1) is 12.4 Å². The number of hydrogen-bond donors (Lipinski definition) is 3. The Morgan fingerprint density at radius 3 is 2.23 bits per heavy atom. The van der Waals surface area contributed by atoms with E-state index in [1.165, 1.54) is 12.1 Å². The van der Waals surface area contributed by atoms with Crippen LogP contribution in [0.3, 0.4) is 0 Å². The number of hydrogen-bond acceptors (Lipinski definition) is 4. The molecule has 0 bridgehead atoms. The molecule has 0 aliphatic carbocycles. The second-order valence-electron chi connectivity index (χ2n) is 5.01. The third-order valence-corrected chi connectivity index (χ3v) is 4.80. The molecule has 126 valence electrons. The van der Waals surface area contributed by atoms with Crippen molar-refractivity contribution in [3.05, 3.63) is 29.8 Å².